The van der Waals surface area contributed by atoms with Gasteiger partial charge in [0, 0.05) is 56.9 Å². The summed E-state index contributed by atoms with van der Waals surface area (Å²) in [6.45, 7) is 3.29. The Balaban J connectivity index is 1.37. The van der Waals surface area contributed by atoms with Crippen LogP contribution < -0.4 is 16.0 Å². The highest BCUT2D eigenvalue weighted by Gasteiger charge is 2.36. The van der Waals surface area contributed by atoms with Crippen molar-refractivity contribution in [1.29, 1.82) is 0 Å². The highest BCUT2D eigenvalue weighted by Crippen LogP contribution is 2.40. The van der Waals surface area contributed by atoms with E-state index >= 15 is 0 Å². The van der Waals surface area contributed by atoms with Crippen LogP contribution in [0.5, 0.6) is 0 Å². The third-order valence-corrected chi connectivity index (χ3v) is 8.07. The number of nitrogens with one attached hydrogen (secondary N) is 1. The smallest absolute Gasteiger partial charge is 0.273 e. The highest BCUT2D eigenvalue weighted by molar-refractivity contribution is 7.89. The number of amides is 1. The van der Waals surface area contributed by atoms with Crippen molar-refractivity contribution in [3.05, 3.63) is 35.9 Å². The zero-order chi connectivity index (χ0) is 22.9. The van der Waals surface area contributed by atoms with Gasteiger partial charge in [-0.1, -0.05) is 5.16 Å². The number of rotatable bonds is 8. The summed E-state index contributed by atoms with van der Waals surface area (Å²) in [7, 11) is -1.82. The first-order valence-corrected chi connectivity index (χ1v) is 12.4. The van der Waals surface area contributed by atoms with E-state index in [-0.39, 0.29) is 28.6 Å². The summed E-state index contributed by atoms with van der Waals surface area (Å²) in [4.78, 5) is 18.8. The Morgan fingerprint density at radius 2 is 2.12 bits per heavy atom. The maximum atomic E-state index is 13.2. The van der Waals surface area contributed by atoms with Crippen LogP contribution >= 0.6 is 0 Å². The van der Waals surface area contributed by atoms with E-state index in [0.717, 1.165) is 18.6 Å². The molecule has 2 fully saturated rings. The fourth-order valence-electron chi connectivity index (χ4n) is 4.05. The van der Waals surface area contributed by atoms with Crippen molar-refractivity contribution in [3.63, 3.8) is 0 Å². The number of anilines is 1. The van der Waals surface area contributed by atoms with Crippen LogP contribution in [-0.2, 0) is 10.0 Å². The molecule has 1 saturated heterocycles. The second-order valence-corrected chi connectivity index (χ2v) is 10.5. The summed E-state index contributed by atoms with van der Waals surface area (Å²) in [6.07, 6.45) is 4.57. The molecule has 0 unspecified atom stereocenters. The minimum Gasteiger partial charge on any atom is -0.360 e. The van der Waals surface area contributed by atoms with E-state index in [1.807, 2.05) is 18.9 Å². The molecule has 0 radical (unpaired) electrons. The molecule has 2 aromatic rings. The molecule has 32 heavy (non-hydrogen) atoms. The van der Waals surface area contributed by atoms with E-state index in [1.54, 1.807) is 18.2 Å². The Bertz CT molecular complexity index is 1050. The number of hydrogen-bond donors (Lipinski definition) is 2. The lowest BCUT2D eigenvalue weighted by atomic mass is 10.0. The van der Waals surface area contributed by atoms with Gasteiger partial charge in [0.25, 0.3) is 5.91 Å². The average Bonchev–Trinajstić information content (AvgIpc) is 3.50. The molecule has 10 nitrogen and oxygen atoms in total. The van der Waals surface area contributed by atoms with Gasteiger partial charge in [0.1, 0.15) is 16.5 Å². The molecule has 1 saturated carbocycles. The molecule has 0 spiro atoms. The number of nitrogens with zero attached hydrogens (tertiary/aromatic N) is 4. The number of likely N-dealkylation sites (N-methyl/N-ethyl adjacent to an activating group) is 1. The number of carbonyl (C=O) groups excluding carboxylic acids is 1. The van der Waals surface area contributed by atoms with Crippen LogP contribution in [0.15, 0.2) is 33.8 Å². The molecule has 3 N–H and O–H groups in total. The fraction of sp³-hybridized carbons (Fsp3) is 0.571. The van der Waals surface area contributed by atoms with Crippen LogP contribution in [0.3, 0.4) is 0 Å². The summed E-state index contributed by atoms with van der Waals surface area (Å²) in [5.41, 5.74) is 5.84. The van der Waals surface area contributed by atoms with Gasteiger partial charge in [-0.3, -0.25) is 4.79 Å². The first-order chi connectivity index (χ1) is 15.3. The number of sulfonamides is 1. The molecule has 1 amide bonds. The zero-order valence-electron chi connectivity index (χ0n) is 18.4. The Hall–Kier alpha value is -2.50. The predicted octanol–water partition coefficient (Wildman–Crippen LogP) is 1.31. The van der Waals surface area contributed by atoms with Crippen LogP contribution in [-0.4, -0.2) is 67.5 Å². The van der Waals surface area contributed by atoms with Gasteiger partial charge in [-0.15, -0.1) is 0 Å². The van der Waals surface area contributed by atoms with E-state index in [2.05, 4.69) is 15.5 Å². The third-order valence-electron chi connectivity index (χ3n) is 6.07. The minimum absolute atomic E-state index is 0.129. The Kier molecular flexibility index (Phi) is 6.50. The van der Waals surface area contributed by atoms with Crippen LogP contribution in [0, 0.1) is 0 Å². The van der Waals surface area contributed by atoms with E-state index in [1.165, 1.54) is 10.5 Å². The molecule has 1 aliphatic carbocycles. The van der Waals surface area contributed by atoms with Gasteiger partial charge < -0.3 is 20.5 Å². The maximum absolute atomic E-state index is 13.2. The van der Waals surface area contributed by atoms with Gasteiger partial charge in [-0.25, -0.2) is 13.4 Å². The number of aromatic nitrogens is 2. The molecular formula is C21H30N6O4S. The van der Waals surface area contributed by atoms with E-state index in [4.69, 9.17) is 10.3 Å². The number of pyridine rings is 1. The molecule has 0 bridgehead atoms. The number of carbonyl (C=O) groups is 1. The van der Waals surface area contributed by atoms with Crippen LogP contribution in [0.1, 0.15) is 54.8 Å². The molecule has 1 aliphatic heterocycles. The molecule has 2 aliphatic rings. The normalized spacial score (nSPS) is 22.0. The summed E-state index contributed by atoms with van der Waals surface area (Å²) < 4.78 is 33.1. The highest BCUT2D eigenvalue weighted by atomic mass is 32.2. The fourth-order valence-corrected chi connectivity index (χ4v) is 5.65. The lowest BCUT2D eigenvalue weighted by Crippen LogP contribution is -2.50. The van der Waals surface area contributed by atoms with Crippen molar-refractivity contribution in [1.82, 2.24) is 19.8 Å². The predicted molar refractivity (Wildman–Crippen MR) is 119 cm³/mol. The minimum atomic E-state index is -3.68. The maximum Gasteiger partial charge on any atom is 0.273 e. The molecule has 11 heteroatoms. The van der Waals surface area contributed by atoms with Gasteiger partial charge >= 0.3 is 0 Å². The number of nitrogens with two attached hydrogens (primary N) is 1. The zero-order valence-corrected chi connectivity index (χ0v) is 19.2. The van der Waals surface area contributed by atoms with E-state index in [0.29, 0.717) is 44.2 Å². The Labute approximate surface area is 188 Å². The SMILES string of the molecule is C[C@H]1C[C@H](NC(=O)c2cc(C3CC3)on2)CCN1S(=O)(=O)c1ccc(N(C)CCN)nc1. The average molecular weight is 463 g/mol. The second kappa shape index (κ2) is 9.16. The van der Waals surface area contributed by atoms with E-state index in [9.17, 15) is 13.2 Å². The summed E-state index contributed by atoms with van der Waals surface area (Å²) in [5, 5.41) is 6.85. The number of hydrogen-bond acceptors (Lipinski definition) is 8. The molecule has 2 aromatic heterocycles. The summed E-state index contributed by atoms with van der Waals surface area (Å²) in [6, 6.07) is 4.58. The van der Waals surface area contributed by atoms with Crippen molar-refractivity contribution in [2.75, 3.05) is 31.6 Å². The lowest BCUT2D eigenvalue weighted by Gasteiger charge is -2.36. The first-order valence-electron chi connectivity index (χ1n) is 11.0. The number of piperidine rings is 1. The van der Waals surface area contributed by atoms with Crippen molar-refractivity contribution in [2.24, 2.45) is 5.73 Å². The molecule has 174 valence electrons. The molecule has 4 rings (SSSR count). The third kappa shape index (κ3) is 4.79. The summed E-state index contributed by atoms with van der Waals surface area (Å²) in [5.74, 6) is 1.54. The lowest BCUT2D eigenvalue weighted by molar-refractivity contribution is 0.0905. The van der Waals surface area contributed by atoms with Gasteiger partial charge in [-0.05, 0) is 44.7 Å². The Morgan fingerprint density at radius 3 is 2.75 bits per heavy atom. The topological polar surface area (TPSA) is 135 Å². The second-order valence-electron chi connectivity index (χ2n) is 8.61. The molecule has 2 atom stereocenters. The van der Waals surface area contributed by atoms with Crippen molar-refractivity contribution in [2.45, 2.75) is 55.5 Å². The van der Waals surface area contributed by atoms with E-state index < -0.39 is 10.0 Å². The van der Waals surface area contributed by atoms with Crippen LogP contribution in [0.4, 0.5) is 5.82 Å². The largest absolute Gasteiger partial charge is 0.360 e. The van der Waals surface area contributed by atoms with Crippen molar-refractivity contribution in [3.8, 4) is 0 Å². The van der Waals surface area contributed by atoms with Crippen LogP contribution in [0.2, 0.25) is 0 Å². The van der Waals surface area contributed by atoms with Crippen LogP contribution in [0.25, 0.3) is 0 Å². The van der Waals surface area contributed by atoms with Gasteiger partial charge in [0.2, 0.25) is 10.0 Å². The van der Waals surface area contributed by atoms with Crippen molar-refractivity contribution >= 4 is 21.7 Å². The Morgan fingerprint density at radius 1 is 1.34 bits per heavy atom. The van der Waals surface area contributed by atoms with Crippen molar-refractivity contribution < 1.29 is 17.7 Å². The van der Waals surface area contributed by atoms with Gasteiger partial charge in [0.05, 0.1) is 0 Å². The monoisotopic (exact) mass is 462 g/mol. The van der Waals surface area contributed by atoms with Gasteiger partial charge in [0.15, 0.2) is 5.69 Å². The molecule has 3 heterocycles. The first kappa shape index (κ1) is 22.7. The summed E-state index contributed by atoms with van der Waals surface area (Å²) >= 11 is 0. The quantitative estimate of drug-likeness (QED) is 0.600. The molecule has 0 aromatic carbocycles. The molecular weight excluding hydrogens is 432 g/mol. The standard InChI is InChI=1S/C21H30N6O4S/c1-14-11-16(24-21(28)18-12-19(31-25-18)15-3-4-15)7-9-27(14)32(29,30)17-5-6-20(23-13-17)26(2)10-8-22/h5-6,12-16H,3-4,7-11,22H2,1-2H3,(H,24,28)/t14-,16+/m0/s1. The van der Waals surface area contributed by atoms with Gasteiger partial charge in [-0.2, -0.15) is 4.31 Å².